The van der Waals surface area contributed by atoms with Crippen LogP contribution in [0.4, 0.5) is 4.79 Å². The van der Waals surface area contributed by atoms with Crippen LogP contribution in [0.15, 0.2) is 52.6 Å². The van der Waals surface area contributed by atoms with Crippen molar-refractivity contribution in [2.45, 2.75) is 32.6 Å². The lowest BCUT2D eigenvalue weighted by Crippen LogP contribution is -2.42. The zero-order chi connectivity index (χ0) is 25.2. The minimum atomic E-state index is -1.13. The number of Topliss-reactive ketones (excluding diaryl/α,β-unsaturated/α-hetero) is 1. The first-order valence-corrected chi connectivity index (χ1v) is 11.5. The molecule has 0 radical (unpaired) electrons. The highest BCUT2D eigenvalue weighted by Gasteiger charge is 2.57. The molecule has 1 aromatic carbocycles. The predicted octanol–water partition coefficient (Wildman–Crippen LogP) is 2.30. The van der Waals surface area contributed by atoms with Gasteiger partial charge in [-0.1, -0.05) is 23.8 Å². The van der Waals surface area contributed by atoms with Crippen LogP contribution in [-0.4, -0.2) is 46.0 Å². The lowest BCUT2D eigenvalue weighted by molar-refractivity contribution is -0.136. The van der Waals surface area contributed by atoms with Crippen LogP contribution >= 0.6 is 0 Å². The molecule has 0 aromatic heterocycles. The number of primary amides is 1. The van der Waals surface area contributed by atoms with Crippen LogP contribution in [0.3, 0.4) is 0 Å². The van der Waals surface area contributed by atoms with Crippen molar-refractivity contribution in [3.8, 4) is 11.5 Å². The zero-order valence-corrected chi connectivity index (χ0v) is 19.2. The number of ether oxygens (including phenoxy) is 1. The number of phenols is 1. The van der Waals surface area contributed by atoms with E-state index in [0.717, 1.165) is 0 Å². The number of fused-ring (bicyclic) bond motifs is 3. The topological polar surface area (TPSA) is 144 Å². The molecule has 4 amide bonds. The molecule has 5 rings (SSSR count). The van der Waals surface area contributed by atoms with Crippen LogP contribution in [0.1, 0.15) is 38.2 Å². The molecule has 0 bridgehead atoms. The van der Waals surface area contributed by atoms with E-state index in [9.17, 15) is 29.1 Å². The lowest BCUT2D eigenvalue weighted by Gasteiger charge is -2.42. The fraction of sp³-hybridized carbons (Fsp3) is 0.346. The molecule has 3 N–H and O–H groups in total. The highest BCUT2D eigenvalue weighted by atomic mass is 16.5. The highest BCUT2D eigenvalue weighted by molar-refractivity contribution is 6.24. The Morgan fingerprint density at radius 3 is 2.60 bits per heavy atom. The molecule has 9 heteroatoms. The third kappa shape index (κ3) is 3.18. The summed E-state index contributed by atoms with van der Waals surface area (Å²) >= 11 is 0. The molecule has 0 spiro atoms. The van der Waals surface area contributed by atoms with E-state index in [4.69, 9.17) is 10.5 Å². The number of phenolic OH excluding ortho intramolecular Hbond substituents is 1. The molecule has 4 aliphatic rings. The summed E-state index contributed by atoms with van der Waals surface area (Å²) in [5.74, 6) is -5.01. The number of carbonyl (C=O) groups excluding carboxylic acids is 5. The third-order valence-corrected chi connectivity index (χ3v) is 7.42. The number of nitrogens with two attached hydrogens (primary N) is 1. The van der Waals surface area contributed by atoms with E-state index in [1.54, 1.807) is 38.1 Å². The quantitative estimate of drug-likeness (QED) is 0.387. The summed E-state index contributed by atoms with van der Waals surface area (Å²) in [5.41, 5.74) is 7.16. The molecule has 4 unspecified atom stereocenters. The second kappa shape index (κ2) is 8.04. The molecule has 0 saturated carbocycles. The molecule has 1 fully saturated rings. The SMILES string of the molecule is CCOc1cccc(C2C3=CCC4C(=O)N(C(N)=O)C(=O)C4C3CC3=C2C(=O)C=C(C)C3=O)c1O. The fourth-order valence-corrected chi connectivity index (χ4v) is 6.00. The number of nitrogens with zero attached hydrogens (tertiary/aromatic N) is 1. The van der Waals surface area contributed by atoms with Crippen molar-refractivity contribution in [1.29, 1.82) is 0 Å². The summed E-state index contributed by atoms with van der Waals surface area (Å²) in [6.45, 7) is 3.64. The molecule has 1 aliphatic heterocycles. The van der Waals surface area contributed by atoms with E-state index in [0.29, 0.717) is 22.6 Å². The first-order chi connectivity index (χ1) is 16.7. The van der Waals surface area contributed by atoms with E-state index in [1.165, 1.54) is 6.08 Å². The Labute approximate surface area is 200 Å². The second-order valence-electron chi connectivity index (χ2n) is 9.21. The van der Waals surface area contributed by atoms with Crippen LogP contribution in [0, 0.1) is 17.8 Å². The van der Waals surface area contributed by atoms with Crippen LogP contribution in [0.5, 0.6) is 11.5 Å². The van der Waals surface area contributed by atoms with Crippen molar-refractivity contribution in [3.63, 3.8) is 0 Å². The summed E-state index contributed by atoms with van der Waals surface area (Å²) < 4.78 is 5.54. The fourth-order valence-electron chi connectivity index (χ4n) is 6.00. The van der Waals surface area contributed by atoms with Crippen LogP contribution < -0.4 is 10.5 Å². The van der Waals surface area contributed by atoms with Crippen molar-refractivity contribution < 1.29 is 33.8 Å². The van der Waals surface area contributed by atoms with Gasteiger partial charge in [-0.3, -0.25) is 19.2 Å². The number of rotatable bonds is 3. The van der Waals surface area contributed by atoms with Crippen LogP contribution in [-0.2, 0) is 19.2 Å². The maximum absolute atomic E-state index is 13.2. The molecule has 1 aromatic rings. The number of hydrogen-bond donors (Lipinski definition) is 2. The molecule has 9 nitrogen and oxygen atoms in total. The maximum Gasteiger partial charge on any atom is 0.328 e. The third-order valence-electron chi connectivity index (χ3n) is 7.42. The monoisotopic (exact) mass is 476 g/mol. The van der Waals surface area contributed by atoms with Gasteiger partial charge in [-0.05, 0) is 44.7 Å². The molecule has 3 aliphatic carbocycles. The minimum absolute atomic E-state index is 0.0755. The van der Waals surface area contributed by atoms with Gasteiger partial charge in [0.1, 0.15) is 0 Å². The van der Waals surface area contributed by atoms with Crippen LogP contribution in [0.25, 0.3) is 0 Å². The zero-order valence-electron chi connectivity index (χ0n) is 19.2. The van der Waals surface area contributed by atoms with Crippen molar-refractivity contribution in [2.75, 3.05) is 6.61 Å². The number of aromatic hydroxyl groups is 1. The summed E-state index contributed by atoms with van der Waals surface area (Å²) in [6, 6.07) is 3.81. The molecular formula is C26H24N2O7. The number of carbonyl (C=O) groups is 5. The van der Waals surface area contributed by atoms with Gasteiger partial charge in [0.2, 0.25) is 11.8 Å². The first-order valence-electron chi connectivity index (χ1n) is 11.5. The molecule has 1 heterocycles. The normalized spacial score (nSPS) is 27.8. The molecule has 1 saturated heterocycles. The average Bonchev–Trinajstić information content (AvgIpc) is 3.08. The van der Waals surface area contributed by atoms with Gasteiger partial charge < -0.3 is 15.6 Å². The van der Waals surface area contributed by atoms with Crippen molar-refractivity contribution in [2.24, 2.45) is 23.5 Å². The van der Waals surface area contributed by atoms with Crippen LogP contribution in [0.2, 0.25) is 0 Å². The lowest BCUT2D eigenvalue weighted by atomic mass is 9.59. The number of urea groups is 1. The van der Waals surface area contributed by atoms with E-state index in [1.807, 2.05) is 0 Å². The Kier molecular flexibility index (Phi) is 5.23. The Balaban J connectivity index is 1.71. The van der Waals surface area contributed by atoms with Gasteiger partial charge in [0.15, 0.2) is 23.1 Å². The Bertz CT molecular complexity index is 1320. The number of allylic oxidation sites excluding steroid dienone is 6. The van der Waals surface area contributed by atoms with Crippen molar-refractivity contribution in [3.05, 3.63) is 58.2 Å². The number of hydrogen-bond acceptors (Lipinski definition) is 7. The molecule has 180 valence electrons. The molecule has 4 atom stereocenters. The number of amides is 4. The van der Waals surface area contributed by atoms with Gasteiger partial charge in [-0.2, -0.15) is 4.90 Å². The first kappa shape index (κ1) is 22.8. The van der Waals surface area contributed by atoms with Gasteiger partial charge in [-0.25, -0.2) is 4.79 Å². The number of ketones is 2. The number of likely N-dealkylation sites (tertiary alicyclic amines) is 1. The van der Waals surface area contributed by atoms with Gasteiger partial charge >= 0.3 is 6.03 Å². The van der Waals surface area contributed by atoms with Crippen molar-refractivity contribution in [1.82, 2.24) is 4.90 Å². The largest absolute Gasteiger partial charge is 0.504 e. The van der Waals surface area contributed by atoms with E-state index in [2.05, 4.69) is 0 Å². The average molecular weight is 476 g/mol. The standard InChI is InChI=1S/C26H24N2O7/c1-3-35-18-6-4-5-13(23(18)31)19-12-7-8-14-20(25(33)28(24(14)32)26(27)34)15(12)10-16-21(19)17(29)9-11(2)22(16)30/h4-7,9,14-15,19-20,31H,3,8,10H2,1-2H3,(H2,27,34). The second-order valence-corrected chi connectivity index (χ2v) is 9.21. The Hall–Kier alpha value is -4.01. The number of para-hydroxylation sites is 1. The van der Waals surface area contributed by atoms with E-state index >= 15 is 0 Å². The van der Waals surface area contributed by atoms with E-state index < -0.39 is 41.5 Å². The van der Waals surface area contributed by atoms with Gasteiger partial charge in [-0.15, -0.1) is 0 Å². The smallest absolute Gasteiger partial charge is 0.328 e. The Morgan fingerprint density at radius 1 is 1.17 bits per heavy atom. The number of imide groups is 3. The van der Waals surface area contributed by atoms with Gasteiger partial charge in [0.25, 0.3) is 0 Å². The highest BCUT2D eigenvalue weighted by Crippen LogP contribution is 2.56. The van der Waals surface area contributed by atoms with Gasteiger partial charge in [0.05, 0.1) is 18.4 Å². The summed E-state index contributed by atoms with van der Waals surface area (Å²) in [5, 5.41) is 11.1. The Morgan fingerprint density at radius 2 is 1.91 bits per heavy atom. The summed E-state index contributed by atoms with van der Waals surface area (Å²) in [6.07, 6.45) is 3.34. The number of benzene rings is 1. The molecular weight excluding hydrogens is 452 g/mol. The maximum atomic E-state index is 13.2. The predicted molar refractivity (Wildman–Crippen MR) is 122 cm³/mol. The minimum Gasteiger partial charge on any atom is -0.504 e. The summed E-state index contributed by atoms with van der Waals surface area (Å²) in [4.78, 5) is 64.8. The molecule has 35 heavy (non-hydrogen) atoms. The van der Waals surface area contributed by atoms with E-state index in [-0.39, 0.29) is 52.6 Å². The van der Waals surface area contributed by atoms with Crippen molar-refractivity contribution >= 4 is 29.4 Å². The van der Waals surface area contributed by atoms with Gasteiger partial charge in [0, 0.05) is 28.2 Å². The summed E-state index contributed by atoms with van der Waals surface area (Å²) in [7, 11) is 0.